The fourth-order valence-electron chi connectivity index (χ4n) is 5.07. The highest BCUT2D eigenvalue weighted by atomic mass is 35.5. The number of piperidine rings is 1. The van der Waals surface area contributed by atoms with Crippen LogP contribution in [0.15, 0.2) is 79.3 Å². The van der Waals surface area contributed by atoms with E-state index in [9.17, 15) is 8.42 Å². The van der Waals surface area contributed by atoms with E-state index in [1.165, 1.54) is 12.3 Å². The second-order valence-corrected chi connectivity index (χ2v) is 12.0. The number of pyridine rings is 2. The zero-order chi connectivity index (χ0) is 29.8. The molecular weight excluding hydrogens is 605 g/mol. The van der Waals surface area contributed by atoms with Crippen LogP contribution in [0.5, 0.6) is 11.6 Å². The van der Waals surface area contributed by atoms with Crippen molar-refractivity contribution < 1.29 is 17.5 Å². The Morgan fingerprint density at radius 1 is 0.977 bits per heavy atom. The van der Waals surface area contributed by atoms with Gasteiger partial charge in [-0.1, -0.05) is 18.2 Å². The van der Waals surface area contributed by atoms with Crippen molar-refractivity contribution in [2.45, 2.75) is 31.6 Å². The van der Waals surface area contributed by atoms with Crippen LogP contribution in [0.3, 0.4) is 0 Å². The van der Waals surface area contributed by atoms with Gasteiger partial charge in [-0.3, -0.25) is 9.71 Å². The summed E-state index contributed by atoms with van der Waals surface area (Å²) in [5, 5.41) is 7.64. The summed E-state index contributed by atoms with van der Waals surface area (Å²) in [6.07, 6.45) is 6.93. The molecule has 1 atom stereocenters. The molecule has 2 aromatic carbocycles. The molecule has 5 aromatic rings. The molecule has 6 rings (SSSR count). The molecule has 4 heterocycles. The van der Waals surface area contributed by atoms with Crippen molar-refractivity contribution in [3.8, 4) is 22.9 Å². The van der Waals surface area contributed by atoms with Crippen LogP contribution in [-0.2, 0) is 15.8 Å². The van der Waals surface area contributed by atoms with E-state index in [1.807, 2.05) is 13.0 Å². The van der Waals surface area contributed by atoms with Crippen LogP contribution in [-0.4, -0.2) is 47.5 Å². The summed E-state index contributed by atoms with van der Waals surface area (Å²) in [6, 6.07) is 16.9. The molecule has 1 saturated heterocycles. The number of hydrogen-bond donors (Lipinski definition) is 3. The smallest absolute Gasteiger partial charge is 0.238 e. The lowest BCUT2D eigenvalue weighted by atomic mass is 10.0. The lowest BCUT2D eigenvalue weighted by Gasteiger charge is -2.23. The summed E-state index contributed by atoms with van der Waals surface area (Å²) < 4.78 is 49.9. The first-order chi connectivity index (χ1) is 20.9. The number of fused-ring (bicyclic) bond motifs is 1. The monoisotopic (exact) mass is 635 g/mol. The van der Waals surface area contributed by atoms with Gasteiger partial charge in [0, 0.05) is 41.9 Å². The van der Waals surface area contributed by atoms with Gasteiger partial charge in [-0.05, 0) is 74.3 Å². The molecule has 44 heavy (non-hydrogen) atoms. The number of rotatable bonds is 9. The van der Waals surface area contributed by atoms with E-state index < -0.39 is 21.6 Å². The summed E-state index contributed by atoms with van der Waals surface area (Å²) in [7, 11) is -3.97. The topological polar surface area (TPSA) is 131 Å². The van der Waals surface area contributed by atoms with Crippen LogP contribution >= 0.6 is 12.4 Å². The Labute approximate surface area is 261 Å². The number of hydrogen-bond acceptors (Lipinski definition) is 9. The van der Waals surface area contributed by atoms with Crippen molar-refractivity contribution in [3.05, 3.63) is 96.3 Å². The van der Waals surface area contributed by atoms with E-state index in [4.69, 9.17) is 9.72 Å². The Kier molecular flexibility index (Phi) is 9.52. The molecule has 1 aliphatic rings. The molecule has 0 unspecified atom stereocenters. The number of anilines is 2. The number of nitrogens with zero attached hydrogens (tertiary/aromatic N) is 4. The maximum absolute atomic E-state index is 15.1. The van der Waals surface area contributed by atoms with Gasteiger partial charge in [0.15, 0.2) is 0 Å². The van der Waals surface area contributed by atoms with E-state index in [1.54, 1.807) is 60.9 Å². The molecule has 0 radical (unpaired) electrons. The van der Waals surface area contributed by atoms with E-state index in [2.05, 4.69) is 30.3 Å². The van der Waals surface area contributed by atoms with Crippen LogP contribution in [0, 0.1) is 12.7 Å². The number of sulfonamides is 1. The first kappa shape index (κ1) is 31.0. The first-order valence-electron chi connectivity index (χ1n) is 13.9. The highest BCUT2D eigenvalue weighted by molar-refractivity contribution is 7.91. The van der Waals surface area contributed by atoms with Gasteiger partial charge in [-0.25, -0.2) is 27.8 Å². The third-order valence-corrected chi connectivity index (χ3v) is 8.34. The predicted molar refractivity (Wildman–Crippen MR) is 171 cm³/mol. The van der Waals surface area contributed by atoms with Crippen molar-refractivity contribution in [3.63, 3.8) is 0 Å². The van der Waals surface area contributed by atoms with E-state index in [-0.39, 0.29) is 24.1 Å². The molecule has 0 amide bonds. The van der Waals surface area contributed by atoms with Gasteiger partial charge in [0.1, 0.15) is 17.3 Å². The highest BCUT2D eigenvalue weighted by Gasteiger charge is 2.21. The molecule has 1 aliphatic heterocycles. The number of aryl methyl sites for hydroxylation is 1. The average Bonchev–Trinajstić information content (AvgIpc) is 3.01. The second kappa shape index (κ2) is 13.5. The zero-order valence-corrected chi connectivity index (χ0v) is 25.5. The van der Waals surface area contributed by atoms with Crippen molar-refractivity contribution in [1.29, 1.82) is 0 Å². The summed E-state index contributed by atoms with van der Waals surface area (Å²) in [4.78, 5) is 17.7. The fraction of sp³-hybridized carbons (Fsp3) is 0.226. The molecule has 13 heteroatoms. The van der Waals surface area contributed by atoms with Gasteiger partial charge in [0.25, 0.3) is 0 Å². The van der Waals surface area contributed by atoms with Crippen molar-refractivity contribution in [1.82, 2.24) is 25.3 Å². The molecule has 0 saturated carbocycles. The Morgan fingerprint density at radius 2 is 1.82 bits per heavy atom. The van der Waals surface area contributed by atoms with Gasteiger partial charge >= 0.3 is 0 Å². The van der Waals surface area contributed by atoms with Crippen LogP contribution in [0.25, 0.3) is 22.0 Å². The van der Waals surface area contributed by atoms with E-state index >= 15 is 4.39 Å². The lowest BCUT2D eigenvalue weighted by molar-refractivity contribution is 0.466. The second-order valence-electron chi connectivity index (χ2n) is 10.3. The number of aromatic nitrogens is 4. The van der Waals surface area contributed by atoms with Crippen LogP contribution in [0.1, 0.15) is 24.1 Å². The van der Waals surface area contributed by atoms with Gasteiger partial charge in [-0.2, -0.15) is 0 Å². The quantitative estimate of drug-likeness (QED) is 0.182. The molecular formula is C31H31ClFN7O3S. The molecule has 0 aliphatic carbocycles. The SMILES string of the molecule is Cc1ccc2c(NS(=O)(=O)Cc3ccccn3)c(F)ccc2c1Oc1ncccc1-c1ccnc(N[C@H]2CCCNC2)n1.Cl. The van der Waals surface area contributed by atoms with E-state index in [0.717, 1.165) is 31.5 Å². The standard InChI is InChI=1S/C31H30FN7O3S.ClH/c1-20-9-10-23-24(11-12-26(32)28(23)39-43(40,41)19-22-6-2-3-15-34-22)29(20)42-30-25(8-5-16-35-30)27-13-17-36-31(38-27)37-21-7-4-14-33-18-21;/h2-3,5-6,8-13,15-17,21,33,39H,4,7,14,18-19H2,1H3,(H,36,37,38);1H/t21-;/m0./s1. The third kappa shape index (κ3) is 7.04. The number of halogens is 2. The van der Waals surface area contributed by atoms with Crippen molar-refractivity contribution >= 4 is 44.8 Å². The lowest BCUT2D eigenvalue weighted by Crippen LogP contribution is -2.38. The Bertz CT molecular complexity index is 1870. The molecule has 0 spiro atoms. The molecule has 3 aromatic heterocycles. The van der Waals surface area contributed by atoms with Crippen LogP contribution in [0.4, 0.5) is 16.0 Å². The number of ether oxygens (including phenoxy) is 1. The minimum absolute atomic E-state index is 0. The summed E-state index contributed by atoms with van der Waals surface area (Å²) in [5.41, 5.74) is 2.20. The molecule has 1 fully saturated rings. The maximum Gasteiger partial charge on any atom is 0.238 e. The van der Waals surface area contributed by atoms with Crippen molar-refractivity contribution in [2.24, 2.45) is 0 Å². The summed E-state index contributed by atoms with van der Waals surface area (Å²) in [5.74, 6) is 0.121. The minimum Gasteiger partial charge on any atom is -0.437 e. The van der Waals surface area contributed by atoms with E-state index in [0.29, 0.717) is 45.3 Å². The molecule has 0 bridgehead atoms. The van der Waals surface area contributed by atoms with Crippen LogP contribution < -0.4 is 20.1 Å². The number of nitrogens with one attached hydrogen (secondary N) is 3. The van der Waals surface area contributed by atoms with Gasteiger partial charge < -0.3 is 15.4 Å². The van der Waals surface area contributed by atoms with Crippen LogP contribution in [0.2, 0.25) is 0 Å². The molecule has 3 N–H and O–H groups in total. The van der Waals surface area contributed by atoms with Crippen molar-refractivity contribution in [2.75, 3.05) is 23.1 Å². The normalized spacial score (nSPS) is 14.9. The number of benzene rings is 2. The fourth-order valence-corrected chi connectivity index (χ4v) is 6.22. The van der Waals surface area contributed by atoms with Gasteiger partial charge in [-0.15, -0.1) is 12.4 Å². The Hall–Kier alpha value is -4.39. The molecule has 228 valence electrons. The van der Waals surface area contributed by atoms with Gasteiger partial charge in [0.05, 0.1) is 22.6 Å². The highest BCUT2D eigenvalue weighted by Crippen LogP contribution is 2.39. The molecule has 10 nitrogen and oxygen atoms in total. The maximum atomic E-state index is 15.1. The summed E-state index contributed by atoms with van der Waals surface area (Å²) >= 11 is 0. The predicted octanol–water partition coefficient (Wildman–Crippen LogP) is 5.85. The minimum atomic E-state index is -3.97. The summed E-state index contributed by atoms with van der Waals surface area (Å²) in [6.45, 7) is 3.71. The average molecular weight is 636 g/mol. The largest absolute Gasteiger partial charge is 0.437 e. The van der Waals surface area contributed by atoms with Gasteiger partial charge in [0.2, 0.25) is 21.9 Å². The zero-order valence-electron chi connectivity index (χ0n) is 23.8. The third-order valence-electron chi connectivity index (χ3n) is 7.15. The Morgan fingerprint density at radius 3 is 2.61 bits per heavy atom. The Balaban J connectivity index is 0.00000384. The first-order valence-corrected chi connectivity index (χ1v) is 15.6.